The predicted molar refractivity (Wildman–Crippen MR) is 128 cm³/mol. The number of pyridine rings is 1. The van der Waals surface area contributed by atoms with Crippen molar-refractivity contribution in [2.24, 2.45) is 5.92 Å². The van der Waals surface area contributed by atoms with E-state index in [1.54, 1.807) is 18.9 Å². The highest BCUT2D eigenvalue weighted by Gasteiger charge is 2.37. The molecule has 2 aromatic carbocycles. The molecule has 32 heavy (non-hydrogen) atoms. The minimum absolute atomic E-state index is 0.0450. The minimum atomic E-state index is 0.0450. The zero-order chi connectivity index (χ0) is 22.2. The Morgan fingerprint density at radius 3 is 2.41 bits per heavy atom. The van der Waals surface area contributed by atoms with Crippen molar-refractivity contribution in [2.75, 3.05) is 26.5 Å². The molecule has 2 atom stereocenters. The monoisotopic (exact) mass is 446 g/mol. The molecule has 0 N–H and O–H groups in total. The molecule has 1 fully saturated rings. The first-order valence-electron chi connectivity index (χ1n) is 10.9. The summed E-state index contributed by atoms with van der Waals surface area (Å²) < 4.78 is 7.15. The number of benzene rings is 2. The Morgan fingerprint density at radius 1 is 0.969 bits per heavy atom. The van der Waals surface area contributed by atoms with Gasteiger partial charge in [-0.1, -0.05) is 12.1 Å². The highest BCUT2D eigenvalue weighted by Crippen LogP contribution is 2.36. The molecule has 2 bridgehead atoms. The molecule has 1 amide bonds. The molecule has 6 heteroatoms. The average molecular weight is 447 g/mol. The number of rotatable bonds is 4. The van der Waals surface area contributed by atoms with E-state index >= 15 is 0 Å². The van der Waals surface area contributed by atoms with Gasteiger partial charge in [-0.3, -0.25) is 9.59 Å². The largest absolute Gasteiger partial charge is 0.497 e. The van der Waals surface area contributed by atoms with Gasteiger partial charge in [-0.15, -0.1) is 11.8 Å². The smallest absolute Gasteiger partial charge is 0.258 e. The van der Waals surface area contributed by atoms with Crippen molar-refractivity contribution in [1.82, 2.24) is 9.47 Å². The van der Waals surface area contributed by atoms with Crippen LogP contribution in [0.25, 0.3) is 11.1 Å². The number of methoxy groups -OCH3 is 1. The number of nitrogens with zero attached hydrogens (tertiary/aromatic N) is 2. The molecule has 0 radical (unpaired) electrons. The number of piperidine rings is 1. The third-order valence-electron chi connectivity index (χ3n) is 6.63. The molecule has 3 aromatic rings. The molecule has 5 rings (SSSR count). The van der Waals surface area contributed by atoms with E-state index in [9.17, 15) is 9.59 Å². The molecular weight excluding hydrogens is 420 g/mol. The van der Waals surface area contributed by atoms with Crippen molar-refractivity contribution >= 4 is 17.7 Å². The molecule has 2 aliphatic heterocycles. The summed E-state index contributed by atoms with van der Waals surface area (Å²) in [6, 6.07) is 19.5. The normalized spacial score (nSPS) is 19.4. The van der Waals surface area contributed by atoms with Crippen molar-refractivity contribution < 1.29 is 9.53 Å². The van der Waals surface area contributed by atoms with Crippen molar-refractivity contribution in [1.29, 1.82) is 0 Å². The maximum atomic E-state index is 13.4. The van der Waals surface area contributed by atoms with Gasteiger partial charge in [0.1, 0.15) is 5.75 Å². The fourth-order valence-electron chi connectivity index (χ4n) is 5.02. The number of carbonyl (C=O) groups is 1. The zero-order valence-electron chi connectivity index (χ0n) is 18.3. The van der Waals surface area contributed by atoms with Gasteiger partial charge >= 0.3 is 0 Å². The van der Waals surface area contributed by atoms with E-state index in [-0.39, 0.29) is 23.3 Å². The molecule has 1 aromatic heterocycles. The topological polar surface area (TPSA) is 51.5 Å². The zero-order valence-corrected chi connectivity index (χ0v) is 19.1. The average Bonchev–Trinajstić information content (AvgIpc) is 2.84. The first kappa shape index (κ1) is 20.9. The second-order valence-corrected chi connectivity index (χ2v) is 9.43. The maximum Gasteiger partial charge on any atom is 0.258 e. The molecule has 0 aliphatic carbocycles. The van der Waals surface area contributed by atoms with E-state index in [1.165, 1.54) is 4.90 Å². The number of fused-ring (bicyclic) bond motifs is 4. The lowest BCUT2D eigenvalue weighted by Gasteiger charge is -2.43. The fraction of sp³-hybridized carbons (Fsp3) is 0.308. The number of ether oxygens (including phenoxy) is 1. The number of amides is 1. The second kappa shape index (κ2) is 8.51. The van der Waals surface area contributed by atoms with E-state index in [0.29, 0.717) is 25.2 Å². The maximum absolute atomic E-state index is 13.4. The Kier molecular flexibility index (Phi) is 5.55. The van der Waals surface area contributed by atoms with E-state index < -0.39 is 0 Å². The number of thioether (sulfide) groups is 1. The molecular formula is C26H26N2O3S. The van der Waals surface area contributed by atoms with Gasteiger partial charge in [-0.25, -0.2) is 0 Å². The van der Waals surface area contributed by atoms with Gasteiger partial charge in [0.05, 0.1) is 7.11 Å². The van der Waals surface area contributed by atoms with Gasteiger partial charge < -0.3 is 14.2 Å². The summed E-state index contributed by atoms with van der Waals surface area (Å²) in [6.07, 6.45) is 3.07. The van der Waals surface area contributed by atoms with Crippen LogP contribution in [0.15, 0.2) is 70.4 Å². The van der Waals surface area contributed by atoms with Gasteiger partial charge in [-0.05, 0) is 72.7 Å². The summed E-state index contributed by atoms with van der Waals surface area (Å²) in [7, 11) is 1.62. The number of likely N-dealkylation sites (tertiary alicyclic amines) is 1. The molecule has 164 valence electrons. The van der Waals surface area contributed by atoms with E-state index in [1.807, 2.05) is 58.2 Å². The van der Waals surface area contributed by atoms with Crippen LogP contribution in [0.3, 0.4) is 0 Å². The summed E-state index contributed by atoms with van der Waals surface area (Å²) in [5.74, 6) is 1.26. The number of hydrogen-bond acceptors (Lipinski definition) is 4. The molecule has 5 nitrogen and oxygen atoms in total. The number of aromatic nitrogens is 1. The Labute approximate surface area is 192 Å². The van der Waals surface area contributed by atoms with Crippen LogP contribution >= 0.6 is 11.8 Å². The van der Waals surface area contributed by atoms with Crippen molar-refractivity contribution in [3.8, 4) is 16.9 Å². The Morgan fingerprint density at radius 2 is 1.72 bits per heavy atom. The SMILES string of the molecule is COc1ccc(C(=O)N2C[C@H]3C[C@H](C2)c2ccc(-c4ccc(SC)cc4)c(=O)n2C3)cc1. The Balaban J connectivity index is 1.41. The van der Waals surface area contributed by atoms with E-state index in [4.69, 9.17) is 4.74 Å². The fourth-order valence-corrected chi connectivity index (χ4v) is 5.43. The third kappa shape index (κ3) is 3.73. The van der Waals surface area contributed by atoms with Gasteiger partial charge in [0.15, 0.2) is 0 Å². The van der Waals surface area contributed by atoms with E-state index in [0.717, 1.165) is 29.0 Å². The quantitative estimate of drug-likeness (QED) is 0.554. The highest BCUT2D eigenvalue weighted by molar-refractivity contribution is 7.98. The lowest BCUT2D eigenvalue weighted by Crippen LogP contribution is -2.49. The summed E-state index contributed by atoms with van der Waals surface area (Å²) in [5.41, 5.74) is 3.49. The van der Waals surface area contributed by atoms with Crippen LogP contribution < -0.4 is 10.3 Å². The lowest BCUT2D eigenvalue weighted by molar-refractivity contribution is 0.0594. The van der Waals surface area contributed by atoms with Gasteiger partial charge in [0.2, 0.25) is 0 Å². The van der Waals surface area contributed by atoms with Crippen LogP contribution in [0.1, 0.15) is 28.4 Å². The summed E-state index contributed by atoms with van der Waals surface area (Å²) >= 11 is 1.69. The molecule has 0 spiro atoms. The molecule has 0 saturated carbocycles. The predicted octanol–water partition coefficient (Wildman–Crippen LogP) is 4.51. The number of carbonyl (C=O) groups excluding carboxylic acids is 1. The summed E-state index contributed by atoms with van der Waals surface area (Å²) in [4.78, 5) is 29.6. The molecule has 2 aliphatic rings. The lowest BCUT2D eigenvalue weighted by atomic mass is 9.82. The highest BCUT2D eigenvalue weighted by atomic mass is 32.2. The minimum Gasteiger partial charge on any atom is -0.497 e. The van der Waals surface area contributed by atoms with Crippen molar-refractivity contribution in [3.63, 3.8) is 0 Å². The molecule has 1 saturated heterocycles. The van der Waals surface area contributed by atoms with Crippen LogP contribution in [0.5, 0.6) is 5.75 Å². The third-order valence-corrected chi connectivity index (χ3v) is 7.37. The first-order chi connectivity index (χ1) is 15.6. The summed E-state index contributed by atoms with van der Waals surface area (Å²) in [5, 5.41) is 0. The van der Waals surface area contributed by atoms with Crippen LogP contribution in [-0.2, 0) is 6.54 Å². The Bertz CT molecular complexity index is 1200. The second-order valence-electron chi connectivity index (χ2n) is 8.55. The first-order valence-corrected chi connectivity index (χ1v) is 12.1. The van der Waals surface area contributed by atoms with Gasteiger partial charge in [0, 0.05) is 47.3 Å². The van der Waals surface area contributed by atoms with E-state index in [2.05, 4.69) is 18.2 Å². The van der Waals surface area contributed by atoms with Gasteiger partial charge in [0.25, 0.3) is 11.5 Å². The summed E-state index contributed by atoms with van der Waals surface area (Å²) in [6.45, 7) is 1.98. The van der Waals surface area contributed by atoms with Crippen LogP contribution in [-0.4, -0.2) is 41.8 Å². The van der Waals surface area contributed by atoms with Gasteiger partial charge in [-0.2, -0.15) is 0 Å². The Hall–Kier alpha value is -2.99. The van der Waals surface area contributed by atoms with Crippen LogP contribution in [0.4, 0.5) is 0 Å². The van der Waals surface area contributed by atoms with Crippen LogP contribution in [0.2, 0.25) is 0 Å². The molecule has 3 heterocycles. The number of hydrogen-bond donors (Lipinski definition) is 0. The molecule has 0 unspecified atom stereocenters. The standard InChI is InChI=1S/C26H26N2O3S/c1-31-21-7-3-19(4-8-21)25(29)27-14-17-13-20(16-27)24-12-11-23(26(30)28(24)15-17)18-5-9-22(32-2)10-6-18/h3-12,17,20H,13-16H2,1-2H3/t17-,20-/m1/s1. The van der Waals surface area contributed by atoms with Crippen molar-refractivity contribution in [2.45, 2.75) is 23.8 Å². The van der Waals surface area contributed by atoms with Crippen LogP contribution in [0, 0.1) is 5.92 Å². The van der Waals surface area contributed by atoms with Crippen molar-refractivity contribution in [3.05, 3.63) is 82.3 Å².